The minimum Gasteiger partial charge on any atom is -0.355 e. The van der Waals surface area contributed by atoms with Gasteiger partial charge in [-0.3, -0.25) is 14.7 Å². The topological polar surface area (TPSA) is 61.4 Å². The van der Waals surface area contributed by atoms with Crippen LogP contribution in [-0.2, 0) is 17.8 Å². The van der Waals surface area contributed by atoms with Crippen molar-refractivity contribution in [3.8, 4) is 0 Å². The summed E-state index contributed by atoms with van der Waals surface area (Å²) in [5, 5.41) is 4.91. The third-order valence-corrected chi connectivity index (χ3v) is 5.89. The Hall–Kier alpha value is -2.77. The maximum atomic E-state index is 12.1. The lowest BCUT2D eigenvalue weighted by atomic mass is 10.2. The zero-order valence-electron chi connectivity index (χ0n) is 16.3. The van der Waals surface area contributed by atoms with E-state index in [0.717, 1.165) is 55.5 Å². The number of carbonyl (C=O) groups excluding carboxylic acids is 1. The second kappa shape index (κ2) is 9.62. The third-order valence-electron chi connectivity index (χ3n) is 5.01. The number of amides is 1. The minimum absolute atomic E-state index is 0.0106. The molecule has 0 bridgehead atoms. The van der Waals surface area contributed by atoms with E-state index in [4.69, 9.17) is 0 Å². The van der Waals surface area contributed by atoms with Crippen LogP contribution in [0.5, 0.6) is 0 Å². The van der Waals surface area contributed by atoms with Gasteiger partial charge in [-0.2, -0.15) is 0 Å². The highest BCUT2D eigenvalue weighted by Gasteiger charge is 2.16. The van der Waals surface area contributed by atoms with Gasteiger partial charge in [-0.05, 0) is 47.7 Å². The van der Waals surface area contributed by atoms with Crippen LogP contribution in [0.25, 0.3) is 0 Å². The number of pyridine rings is 2. The molecule has 3 aromatic heterocycles. The Balaban J connectivity index is 1.30. The van der Waals surface area contributed by atoms with Gasteiger partial charge < -0.3 is 10.2 Å². The Kier molecular flexibility index (Phi) is 6.49. The van der Waals surface area contributed by atoms with Crippen molar-refractivity contribution in [2.45, 2.75) is 19.4 Å². The molecule has 4 heterocycles. The van der Waals surface area contributed by atoms with Gasteiger partial charge in [-0.25, -0.2) is 4.98 Å². The van der Waals surface area contributed by atoms with Gasteiger partial charge in [-0.1, -0.05) is 6.07 Å². The highest BCUT2D eigenvalue weighted by molar-refractivity contribution is 7.10. The summed E-state index contributed by atoms with van der Waals surface area (Å²) in [6, 6.07) is 12.0. The van der Waals surface area contributed by atoms with Crippen LogP contribution in [0.1, 0.15) is 16.9 Å². The summed E-state index contributed by atoms with van der Waals surface area (Å²) in [6.45, 7) is 4.98. The van der Waals surface area contributed by atoms with E-state index in [1.807, 2.05) is 42.0 Å². The molecule has 6 nitrogen and oxygen atoms in total. The van der Waals surface area contributed by atoms with Gasteiger partial charge in [0.15, 0.2) is 0 Å². The van der Waals surface area contributed by atoms with Crippen LogP contribution in [0.3, 0.4) is 0 Å². The number of rotatable bonds is 6. The van der Waals surface area contributed by atoms with Crippen molar-refractivity contribution in [2.24, 2.45) is 0 Å². The molecule has 0 aromatic carbocycles. The van der Waals surface area contributed by atoms with Crippen LogP contribution in [0.4, 0.5) is 11.5 Å². The molecule has 150 valence electrons. The van der Waals surface area contributed by atoms with Gasteiger partial charge >= 0.3 is 0 Å². The van der Waals surface area contributed by atoms with Crippen LogP contribution in [-0.4, -0.2) is 47.0 Å². The normalized spacial score (nSPS) is 15.1. The van der Waals surface area contributed by atoms with E-state index < -0.39 is 0 Å². The fourth-order valence-electron chi connectivity index (χ4n) is 3.53. The van der Waals surface area contributed by atoms with Gasteiger partial charge in [0.2, 0.25) is 5.91 Å². The lowest BCUT2D eigenvalue weighted by molar-refractivity contribution is -0.115. The summed E-state index contributed by atoms with van der Waals surface area (Å²) in [7, 11) is 0. The number of nitrogens with zero attached hydrogens (tertiary/aromatic N) is 4. The van der Waals surface area contributed by atoms with E-state index in [1.54, 1.807) is 17.5 Å². The number of anilines is 2. The Morgan fingerprint density at radius 1 is 1.07 bits per heavy atom. The number of carbonyl (C=O) groups is 1. The molecule has 1 aliphatic heterocycles. The minimum atomic E-state index is -0.0106. The fraction of sp³-hybridized carbons (Fsp3) is 0.318. The molecular weight excluding hydrogens is 382 g/mol. The third kappa shape index (κ3) is 5.62. The molecule has 1 N–H and O–H groups in total. The summed E-state index contributed by atoms with van der Waals surface area (Å²) in [5.74, 6) is 0.954. The molecule has 1 saturated heterocycles. The van der Waals surface area contributed by atoms with Crippen molar-refractivity contribution in [3.63, 3.8) is 0 Å². The summed E-state index contributed by atoms with van der Waals surface area (Å²) >= 11 is 1.60. The molecule has 7 heteroatoms. The zero-order valence-corrected chi connectivity index (χ0v) is 17.1. The molecular formula is C22H25N5OS. The highest BCUT2D eigenvalue weighted by atomic mass is 32.1. The second-order valence-corrected chi connectivity index (χ2v) is 8.21. The molecule has 0 radical (unpaired) electrons. The van der Waals surface area contributed by atoms with E-state index in [-0.39, 0.29) is 5.91 Å². The van der Waals surface area contributed by atoms with Crippen molar-refractivity contribution in [3.05, 3.63) is 70.8 Å². The molecule has 4 rings (SSSR count). The van der Waals surface area contributed by atoms with Crippen molar-refractivity contribution >= 4 is 28.7 Å². The number of hydrogen-bond acceptors (Lipinski definition) is 6. The zero-order chi connectivity index (χ0) is 19.9. The summed E-state index contributed by atoms with van der Waals surface area (Å²) in [5.41, 5.74) is 2.04. The second-order valence-electron chi connectivity index (χ2n) is 7.18. The number of nitrogens with one attached hydrogen (secondary N) is 1. The average molecular weight is 408 g/mol. The van der Waals surface area contributed by atoms with Gasteiger partial charge in [0, 0.05) is 50.0 Å². The van der Waals surface area contributed by atoms with E-state index in [2.05, 4.69) is 37.2 Å². The quantitative estimate of drug-likeness (QED) is 0.678. The Morgan fingerprint density at radius 3 is 2.72 bits per heavy atom. The van der Waals surface area contributed by atoms with Gasteiger partial charge in [-0.15, -0.1) is 11.3 Å². The lowest BCUT2D eigenvalue weighted by Gasteiger charge is -2.23. The van der Waals surface area contributed by atoms with Crippen molar-refractivity contribution in [1.29, 1.82) is 0 Å². The first-order valence-electron chi connectivity index (χ1n) is 9.91. The maximum absolute atomic E-state index is 12.1. The summed E-state index contributed by atoms with van der Waals surface area (Å²) in [4.78, 5) is 26.7. The molecule has 3 aromatic rings. The first kappa shape index (κ1) is 19.5. The van der Waals surface area contributed by atoms with E-state index in [1.165, 1.54) is 5.56 Å². The van der Waals surface area contributed by atoms with Crippen molar-refractivity contribution in [1.82, 2.24) is 14.9 Å². The predicted octanol–water partition coefficient (Wildman–Crippen LogP) is 3.43. The maximum Gasteiger partial charge on any atom is 0.229 e. The first-order chi connectivity index (χ1) is 14.3. The molecule has 0 saturated carbocycles. The molecule has 1 fully saturated rings. The Morgan fingerprint density at radius 2 is 1.97 bits per heavy atom. The van der Waals surface area contributed by atoms with Crippen LogP contribution < -0.4 is 10.2 Å². The first-order valence-corrected chi connectivity index (χ1v) is 10.8. The largest absolute Gasteiger partial charge is 0.355 e. The standard InChI is InChI=1S/C22H25N5OS/c28-22(15-20-3-1-14-29-20)25-19-4-5-21(24-16-19)27-11-2-10-26(12-13-27)17-18-6-8-23-9-7-18/h1,3-9,14,16H,2,10-13,15,17H2,(H,25,28). The van der Waals surface area contributed by atoms with Crippen LogP contribution >= 0.6 is 11.3 Å². The summed E-state index contributed by atoms with van der Waals surface area (Å²) in [6.07, 6.45) is 6.96. The van der Waals surface area contributed by atoms with Crippen molar-refractivity contribution < 1.29 is 4.79 Å². The van der Waals surface area contributed by atoms with Gasteiger partial charge in [0.1, 0.15) is 5.82 Å². The molecule has 0 unspecified atom stereocenters. The SMILES string of the molecule is O=C(Cc1cccs1)Nc1ccc(N2CCCN(Cc3ccncc3)CC2)nc1. The van der Waals surface area contributed by atoms with Crippen LogP contribution in [0.2, 0.25) is 0 Å². The number of hydrogen-bond donors (Lipinski definition) is 1. The van der Waals surface area contributed by atoms with E-state index in [9.17, 15) is 4.79 Å². The molecule has 0 spiro atoms. The molecule has 1 aliphatic rings. The van der Waals surface area contributed by atoms with Crippen LogP contribution in [0, 0.1) is 0 Å². The van der Waals surface area contributed by atoms with Gasteiger partial charge in [0.25, 0.3) is 0 Å². The Labute approximate surface area is 175 Å². The molecule has 0 atom stereocenters. The highest BCUT2D eigenvalue weighted by Crippen LogP contribution is 2.18. The van der Waals surface area contributed by atoms with Crippen molar-refractivity contribution in [2.75, 3.05) is 36.4 Å². The fourth-order valence-corrected chi connectivity index (χ4v) is 4.23. The number of aromatic nitrogens is 2. The summed E-state index contributed by atoms with van der Waals surface area (Å²) < 4.78 is 0. The Bertz CT molecular complexity index is 899. The molecule has 0 aliphatic carbocycles. The molecule has 29 heavy (non-hydrogen) atoms. The van der Waals surface area contributed by atoms with Crippen LogP contribution in [0.15, 0.2) is 60.4 Å². The van der Waals surface area contributed by atoms with E-state index >= 15 is 0 Å². The monoisotopic (exact) mass is 407 g/mol. The number of thiophene rings is 1. The predicted molar refractivity (Wildman–Crippen MR) is 117 cm³/mol. The lowest BCUT2D eigenvalue weighted by Crippen LogP contribution is -2.31. The smallest absolute Gasteiger partial charge is 0.229 e. The van der Waals surface area contributed by atoms with Gasteiger partial charge in [0.05, 0.1) is 18.3 Å². The molecule has 1 amide bonds. The van der Waals surface area contributed by atoms with E-state index in [0.29, 0.717) is 6.42 Å². The average Bonchev–Trinajstić information content (AvgIpc) is 3.13.